The van der Waals surface area contributed by atoms with Gasteiger partial charge >= 0.3 is 0 Å². The van der Waals surface area contributed by atoms with Gasteiger partial charge in [0.2, 0.25) is 0 Å². The Hall–Kier alpha value is -2.02. The molecular formula is C20H23ClF2N2O2. The Kier molecular flexibility index (Phi) is 7.71. The molecule has 0 aromatic heterocycles. The van der Waals surface area contributed by atoms with Gasteiger partial charge in [-0.05, 0) is 48.4 Å². The molecular weight excluding hydrogens is 374 g/mol. The van der Waals surface area contributed by atoms with Crippen LogP contribution in [0.15, 0.2) is 42.5 Å². The van der Waals surface area contributed by atoms with Crippen LogP contribution in [0.1, 0.15) is 33.8 Å². The molecule has 4 nitrogen and oxygen atoms in total. The number of carbonyl (C=O) groups excluding carboxylic acids is 1. The van der Waals surface area contributed by atoms with E-state index in [2.05, 4.69) is 10.6 Å². The zero-order valence-electron chi connectivity index (χ0n) is 15.0. The summed E-state index contributed by atoms with van der Waals surface area (Å²) in [6.45, 7) is 1.77. The van der Waals surface area contributed by atoms with Crippen molar-refractivity contribution in [3.63, 3.8) is 0 Å². The van der Waals surface area contributed by atoms with Crippen LogP contribution in [0, 0.1) is 11.6 Å². The monoisotopic (exact) mass is 396 g/mol. The highest BCUT2D eigenvalue weighted by Gasteiger charge is 2.28. The molecule has 2 atom stereocenters. The standard InChI is InChI=1S/C20H22F2N2O2.ClH/c1-26-12-13-3-2-4-15(9-13)20(25)24-19-11-23-8-7-16(19)14-5-6-17(21)18(22)10-14;/h2-6,9-10,16,19,23H,7-8,11-12H2,1H3,(H,24,25);1H. The van der Waals surface area contributed by atoms with E-state index in [1.165, 1.54) is 6.07 Å². The predicted octanol–water partition coefficient (Wildman–Crippen LogP) is 3.41. The minimum atomic E-state index is -0.863. The van der Waals surface area contributed by atoms with E-state index >= 15 is 0 Å². The van der Waals surface area contributed by atoms with Crippen LogP contribution in [-0.4, -0.2) is 32.1 Å². The lowest BCUT2D eigenvalue weighted by molar-refractivity contribution is 0.0924. The molecule has 1 amide bonds. The normalized spacial score (nSPS) is 19.2. The van der Waals surface area contributed by atoms with E-state index in [4.69, 9.17) is 4.74 Å². The lowest BCUT2D eigenvalue weighted by atomic mass is 9.85. The summed E-state index contributed by atoms with van der Waals surface area (Å²) in [5.74, 6) is -1.99. The van der Waals surface area contributed by atoms with E-state index in [9.17, 15) is 13.6 Å². The summed E-state index contributed by atoms with van der Waals surface area (Å²) in [7, 11) is 1.60. The van der Waals surface area contributed by atoms with E-state index in [-0.39, 0.29) is 30.3 Å². The molecule has 1 saturated heterocycles. The second kappa shape index (κ2) is 9.78. The molecule has 0 saturated carbocycles. The van der Waals surface area contributed by atoms with E-state index in [0.717, 1.165) is 24.6 Å². The first-order valence-electron chi connectivity index (χ1n) is 8.63. The van der Waals surface area contributed by atoms with Gasteiger partial charge in [-0.25, -0.2) is 8.78 Å². The van der Waals surface area contributed by atoms with E-state index in [1.807, 2.05) is 12.1 Å². The molecule has 7 heteroatoms. The molecule has 2 aromatic carbocycles. The van der Waals surface area contributed by atoms with Crippen molar-refractivity contribution in [1.82, 2.24) is 10.6 Å². The molecule has 0 aliphatic carbocycles. The van der Waals surface area contributed by atoms with Crippen LogP contribution in [0.25, 0.3) is 0 Å². The number of ether oxygens (including phenoxy) is 1. The molecule has 2 aromatic rings. The number of methoxy groups -OCH3 is 1. The van der Waals surface area contributed by atoms with Gasteiger partial charge in [0, 0.05) is 31.2 Å². The first-order chi connectivity index (χ1) is 12.6. The van der Waals surface area contributed by atoms with Crippen molar-refractivity contribution < 1.29 is 18.3 Å². The highest BCUT2D eigenvalue weighted by Crippen LogP contribution is 2.27. The third-order valence-electron chi connectivity index (χ3n) is 4.67. The Morgan fingerprint density at radius 2 is 2.04 bits per heavy atom. The van der Waals surface area contributed by atoms with Gasteiger partial charge < -0.3 is 15.4 Å². The summed E-state index contributed by atoms with van der Waals surface area (Å²) < 4.78 is 31.9. The van der Waals surface area contributed by atoms with Gasteiger partial charge in [-0.1, -0.05) is 18.2 Å². The molecule has 146 valence electrons. The van der Waals surface area contributed by atoms with Gasteiger partial charge in [0.25, 0.3) is 5.91 Å². The fraction of sp³-hybridized carbons (Fsp3) is 0.350. The lowest BCUT2D eigenvalue weighted by Crippen LogP contribution is -2.50. The maximum absolute atomic E-state index is 13.6. The summed E-state index contributed by atoms with van der Waals surface area (Å²) in [6, 6.07) is 11.0. The van der Waals surface area contributed by atoms with Gasteiger partial charge in [-0.2, -0.15) is 0 Å². The summed E-state index contributed by atoms with van der Waals surface area (Å²) in [5, 5.41) is 6.28. The number of benzene rings is 2. The summed E-state index contributed by atoms with van der Waals surface area (Å²) in [5.41, 5.74) is 2.16. The fourth-order valence-corrected chi connectivity index (χ4v) is 3.37. The zero-order valence-corrected chi connectivity index (χ0v) is 15.8. The van der Waals surface area contributed by atoms with Crippen molar-refractivity contribution >= 4 is 18.3 Å². The van der Waals surface area contributed by atoms with Gasteiger partial charge in [-0.3, -0.25) is 4.79 Å². The molecule has 1 fully saturated rings. The van der Waals surface area contributed by atoms with Gasteiger partial charge in [0.05, 0.1) is 6.61 Å². The highest BCUT2D eigenvalue weighted by atomic mass is 35.5. The maximum Gasteiger partial charge on any atom is 0.251 e. The number of rotatable bonds is 5. The van der Waals surface area contributed by atoms with Crippen molar-refractivity contribution in [2.75, 3.05) is 20.2 Å². The third kappa shape index (κ3) is 5.25. The van der Waals surface area contributed by atoms with E-state index in [1.54, 1.807) is 25.3 Å². The van der Waals surface area contributed by atoms with Gasteiger partial charge in [-0.15, -0.1) is 12.4 Å². The van der Waals surface area contributed by atoms with Crippen LogP contribution < -0.4 is 10.6 Å². The summed E-state index contributed by atoms with van der Waals surface area (Å²) >= 11 is 0. The molecule has 2 unspecified atom stereocenters. The number of halogens is 3. The average molecular weight is 397 g/mol. The number of amides is 1. The molecule has 0 bridgehead atoms. The van der Waals surface area contributed by atoms with Crippen LogP contribution >= 0.6 is 12.4 Å². The van der Waals surface area contributed by atoms with Crippen LogP contribution in [0.4, 0.5) is 8.78 Å². The van der Waals surface area contributed by atoms with Crippen molar-refractivity contribution in [1.29, 1.82) is 0 Å². The summed E-state index contributed by atoms with van der Waals surface area (Å²) in [4.78, 5) is 12.7. The first-order valence-corrected chi connectivity index (χ1v) is 8.63. The van der Waals surface area contributed by atoms with Crippen LogP contribution in [0.3, 0.4) is 0 Å². The zero-order chi connectivity index (χ0) is 18.5. The molecule has 1 aliphatic rings. The van der Waals surface area contributed by atoms with Crippen LogP contribution in [-0.2, 0) is 11.3 Å². The topological polar surface area (TPSA) is 50.4 Å². The largest absolute Gasteiger partial charge is 0.380 e. The lowest BCUT2D eigenvalue weighted by Gasteiger charge is -2.33. The number of hydrogen-bond donors (Lipinski definition) is 2. The number of piperidine rings is 1. The molecule has 1 heterocycles. The molecule has 2 N–H and O–H groups in total. The molecule has 3 rings (SSSR count). The Morgan fingerprint density at radius 1 is 1.22 bits per heavy atom. The molecule has 1 aliphatic heterocycles. The molecule has 27 heavy (non-hydrogen) atoms. The average Bonchev–Trinajstić information content (AvgIpc) is 2.65. The van der Waals surface area contributed by atoms with Crippen molar-refractivity contribution in [2.24, 2.45) is 0 Å². The number of carbonyl (C=O) groups is 1. The Bertz CT molecular complexity index is 788. The van der Waals surface area contributed by atoms with E-state index in [0.29, 0.717) is 24.3 Å². The SMILES string of the molecule is COCc1cccc(C(=O)NC2CNCCC2c2ccc(F)c(F)c2)c1.Cl. The van der Waals surface area contributed by atoms with Crippen molar-refractivity contribution in [2.45, 2.75) is 25.0 Å². The number of nitrogens with one attached hydrogen (secondary N) is 2. The van der Waals surface area contributed by atoms with Gasteiger partial charge in [0.15, 0.2) is 11.6 Å². The minimum absolute atomic E-state index is 0. The maximum atomic E-state index is 13.6. The van der Waals surface area contributed by atoms with Gasteiger partial charge in [0.1, 0.15) is 0 Å². The number of hydrogen-bond acceptors (Lipinski definition) is 3. The smallest absolute Gasteiger partial charge is 0.251 e. The highest BCUT2D eigenvalue weighted by molar-refractivity contribution is 5.94. The second-order valence-electron chi connectivity index (χ2n) is 6.49. The van der Waals surface area contributed by atoms with E-state index < -0.39 is 11.6 Å². The van der Waals surface area contributed by atoms with Crippen molar-refractivity contribution in [3.8, 4) is 0 Å². The van der Waals surface area contributed by atoms with Crippen LogP contribution in [0.5, 0.6) is 0 Å². The third-order valence-corrected chi connectivity index (χ3v) is 4.67. The first kappa shape index (κ1) is 21.3. The Labute approximate surface area is 163 Å². The van der Waals surface area contributed by atoms with Crippen molar-refractivity contribution in [3.05, 3.63) is 70.8 Å². The Morgan fingerprint density at radius 3 is 2.78 bits per heavy atom. The molecule has 0 spiro atoms. The summed E-state index contributed by atoms with van der Waals surface area (Å²) in [6.07, 6.45) is 0.736. The molecule has 0 radical (unpaired) electrons. The second-order valence-corrected chi connectivity index (χ2v) is 6.49. The fourth-order valence-electron chi connectivity index (χ4n) is 3.37. The quantitative estimate of drug-likeness (QED) is 0.814. The Balaban J connectivity index is 0.00000261. The van der Waals surface area contributed by atoms with Crippen LogP contribution in [0.2, 0.25) is 0 Å². The minimum Gasteiger partial charge on any atom is -0.380 e. The predicted molar refractivity (Wildman–Crippen MR) is 102 cm³/mol.